The molecular weight excluding hydrogens is 236 g/mol. The molecule has 0 radical (unpaired) electrons. The number of carbonyl (C=O) groups excluding carboxylic acids is 1. The zero-order chi connectivity index (χ0) is 13.7. The second kappa shape index (κ2) is 6.74. The third kappa shape index (κ3) is 3.59. The zero-order valence-electron chi connectivity index (χ0n) is 12.0. The van der Waals surface area contributed by atoms with Gasteiger partial charge in [0.1, 0.15) is 11.5 Å². The van der Waals surface area contributed by atoms with E-state index in [1.807, 2.05) is 24.3 Å². The number of unbranched alkanes of at least 4 members (excludes halogenated alkanes) is 1. The summed E-state index contributed by atoms with van der Waals surface area (Å²) in [7, 11) is 1.67. The van der Waals surface area contributed by atoms with Gasteiger partial charge in [-0.1, -0.05) is 38.3 Å². The Morgan fingerprint density at radius 2 is 1.95 bits per heavy atom. The van der Waals surface area contributed by atoms with Gasteiger partial charge in [0, 0.05) is 12.3 Å². The number of ether oxygens (including phenoxy) is 1. The zero-order valence-corrected chi connectivity index (χ0v) is 12.0. The summed E-state index contributed by atoms with van der Waals surface area (Å²) in [6.07, 6.45) is 6.69. The van der Waals surface area contributed by atoms with Crippen molar-refractivity contribution in [2.45, 2.75) is 51.4 Å². The van der Waals surface area contributed by atoms with Crippen molar-refractivity contribution in [1.29, 1.82) is 0 Å². The van der Waals surface area contributed by atoms with Crippen molar-refractivity contribution in [2.75, 3.05) is 7.11 Å². The second-order valence-electron chi connectivity index (χ2n) is 5.58. The lowest BCUT2D eigenvalue weighted by Crippen LogP contribution is -2.23. The molecule has 19 heavy (non-hydrogen) atoms. The monoisotopic (exact) mass is 260 g/mol. The molecule has 1 aromatic carbocycles. The van der Waals surface area contributed by atoms with Crippen LogP contribution in [0, 0.1) is 5.92 Å². The molecule has 0 amide bonds. The smallest absolute Gasteiger partial charge is 0.140 e. The summed E-state index contributed by atoms with van der Waals surface area (Å²) in [5.41, 5.74) is 1.15. The molecule has 1 fully saturated rings. The number of hydrogen-bond donors (Lipinski definition) is 0. The molecule has 0 aliphatic heterocycles. The van der Waals surface area contributed by atoms with Crippen LogP contribution in [-0.4, -0.2) is 12.9 Å². The van der Waals surface area contributed by atoms with E-state index < -0.39 is 0 Å². The maximum Gasteiger partial charge on any atom is 0.140 e. The van der Waals surface area contributed by atoms with E-state index in [-0.39, 0.29) is 5.92 Å². The molecular formula is C17H24O2. The van der Waals surface area contributed by atoms with E-state index in [4.69, 9.17) is 4.74 Å². The molecule has 0 spiro atoms. The van der Waals surface area contributed by atoms with E-state index in [0.717, 1.165) is 24.2 Å². The Hall–Kier alpha value is -1.31. The molecule has 1 saturated carbocycles. The lowest BCUT2D eigenvalue weighted by Gasteiger charge is -2.27. The standard InChI is InChI=1S/C17H24O2/c1-3-4-5-13-6-11-16(17(18)12-13)14-7-9-15(19-2)10-8-14/h7-10,13,16H,3-6,11-12H2,1-2H3/t13-,16+/m1/s1. The van der Waals surface area contributed by atoms with Gasteiger partial charge in [-0.25, -0.2) is 0 Å². The summed E-state index contributed by atoms with van der Waals surface area (Å²) in [5.74, 6) is 2.02. The van der Waals surface area contributed by atoms with Crippen LogP contribution in [0.25, 0.3) is 0 Å². The van der Waals surface area contributed by atoms with Crippen LogP contribution in [0.5, 0.6) is 5.75 Å². The molecule has 0 bridgehead atoms. The van der Waals surface area contributed by atoms with E-state index >= 15 is 0 Å². The maximum atomic E-state index is 12.3. The molecule has 0 unspecified atom stereocenters. The van der Waals surface area contributed by atoms with Crippen molar-refractivity contribution >= 4 is 5.78 Å². The van der Waals surface area contributed by atoms with Gasteiger partial charge in [0.05, 0.1) is 7.11 Å². The van der Waals surface area contributed by atoms with Gasteiger partial charge < -0.3 is 4.74 Å². The Morgan fingerprint density at radius 1 is 1.21 bits per heavy atom. The van der Waals surface area contributed by atoms with Crippen molar-refractivity contribution in [3.05, 3.63) is 29.8 Å². The van der Waals surface area contributed by atoms with Gasteiger partial charge in [-0.05, 0) is 36.5 Å². The Labute approximate surface area is 116 Å². The molecule has 2 heteroatoms. The predicted molar refractivity (Wildman–Crippen MR) is 77.6 cm³/mol. The fourth-order valence-corrected chi connectivity index (χ4v) is 3.02. The highest BCUT2D eigenvalue weighted by Gasteiger charge is 2.29. The average Bonchev–Trinajstić information content (AvgIpc) is 2.45. The fourth-order valence-electron chi connectivity index (χ4n) is 3.02. The van der Waals surface area contributed by atoms with Crippen LogP contribution in [0.4, 0.5) is 0 Å². The van der Waals surface area contributed by atoms with Crippen LogP contribution in [0.2, 0.25) is 0 Å². The number of ketones is 1. The maximum absolute atomic E-state index is 12.3. The Kier molecular flexibility index (Phi) is 5.00. The van der Waals surface area contributed by atoms with E-state index in [0.29, 0.717) is 11.7 Å². The van der Waals surface area contributed by atoms with Gasteiger partial charge in [0.25, 0.3) is 0 Å². The molecule has 1 aromatic rings. The molecule has 0 saturated heterocycles. The second-order valence-corrected chi connectivity index (χ2v) is 5.58. The van der Waals surface area contributed by atoms with Gasteiger partial charge in [-0.2, -0.15) is 0 Å². The highest BCUT2D eigenvalue weighted by atomic mass is 16.5. The van der Waals surface area contributed by atoms with Gasteiger partial charge >= 0.3 is 0 Å². The lowest BCUT2D eigenvalue weighted by molar-refractivity contribution is -0.123. The molecule has 2 atom stereocenters. The van der Waals surface area contributed by atoms with Gasteiger partial charge in [-0.15, -0.1) is 0 Å². The van der Waals surface area contributed by atoms with Crippen LogP contribution in [0.1, 0.15) is 56.9 Å². The molecule has 2 nitrogen and oxygen atoms in total. The number of rotatable bonds is 5. The predicted octanol–water partition coefficient (Wildman–Crippen LogP) is 4.34. The minimum absolute atomic E-state index is 0.115. The summed E-state index contributed by atoms with van der Waals surface area (Å²) in [6.45, 7) is 2.21. The Morgan fingerprint density at radius 3 is 2.53 bits per heavy atom. The summed E-state index contributed by atoms with van der Waals surface area (Å²) in [6, 6.07) is 7.97. The highest BCUT2D eigenvalue weighted by Crippen LogP contribution is 2.35. The van der Waals surface area contributed by atoms with Crippen LogP contribution in [-0.2, 0) is 4.79 Å². The van der Waals surface area contributed by atoms with Crippen molar-refractivity contribution < 1.29 is 9.53 Å². The molecule has 0 aromatic heterocycles. The summed E-state index contributed by atoms with van der Waals surface area (Å²) >= 11 is 0. The summed E-state index contributed by atoms with van der Waals surface area (Å²) in [4.78, 5) is 12.3. The SMILES string of the molecule is CCCC[C@@H]1CC[C@@H](c2ccc(OC)cc2)C(=O)C1. The molecule has 104 valence electrons. The number of benzene rings is 1. The third-order valence-corrected chi connectivity index (χ3v) is 4.23. The minimum atomic E-state index is 0.115. The van der Waals surface area contributed by atoms with Crippen molar-refractivity contribution in [3.63, 3.8) is 0 Å². The van der Waals surface area contributed by atoms with Gasteiger partial charge in [0.2, 0.25) is 0 Å². The topological polar surface area (TPSA) is 26.3 Å². The van der Waals surface area contributed by atoms with Crippen LogP contribution in [0.3, 0.4) is 0 Å². The van der Waals surface area contributed by atoms with Crippen LogP contribution in [0.15, 0.2) is 24.3 Å². The summed E-state index contributed by atoms with van der Waals surface area (Å²) < 4.78 is 5.16. The molecule has 1 aliphatic rings. The Balaban J connectivity index is 1.97. The largest absolute Gasteiger partial charge is 0.497 e. The molecule has 0 heterocycles. The van der Waals surface area contributed by atoms with Crippen molar-refractivity contribution in [1.82, 2.24) is 0 Å². The van der Waals surface area contributed by atoms with Gasteiger partial charge in [-0.3, -0.25) is 4.79 Å². The lowest BCUT2D eigenvalue weighted by atomic mass is 9.76. The van der Waals surface area contributed by atoms with E-state index in [2.05, 4.69) is 6.92 Å². The minimum Gasteiger partial charge on any atom is -0.497 e. The van der Waals surface area contributed by atoms with E-state index in [1.165, 1.54) is 25.7 Å². The first-order valence-corrected chi connectivity index (χ1v) is 7.41. The number of Topliss-reactive ketones (excluding diaryl/α,β-unsaturated/α-hetero) is 1. The number of hydrogen-bond acceptors (Lipinski definition) is 2. The highest BCUT2D eigenvalue weighted by molar-refractivity contribution is 5.86. The first-order valence-electron chi connectivity index (χ1n) is 7.41. The average molecular weight is 260 g/mol. The molecule has 2 rings (SSSR count). The van der Waals surface area contributed by atoms with Crippen LogP contribution < -0.4 is 4.74 Å². The molecule has 0 N–H and O–H groups in total. The summed E-state index contributed by atoms with van der Waals surface area (Å²) in [5, 5.41) is 0. The van der Waals surface area contributed by atoms with Crippen molar-refractivity contribution in [3.8, 4) is 5.75 Å². The first kappa shape index (κ1) is 14.1. The number of methoxy groups -OCH3 is 1. The Bertz CT molecular complexity index is 408. The van der Waals surface area contributed by atoms with Gasteiger partial charge in [0.15, 0.2) is 0 Å². The fraction of sp³-hybridized carbons (Fsp3) is 0.588. The number of carbonyl (C=O) groups is 1. The normalized spacial score (nSPS) is 23.4. The van der Waals surface area contributed by atoms with E-state index in [9.17, 15) is 4.79 Å². The molecule has 1 aliphatic carbocycles. The third-order valence-electron chi connectivity index (χ3n) is 4.23. The van der Waals surface area contributed by atoms with E-state index in [1.54, 1.807) is 7.11 Å². The van der Waals surface area contributed by atoms with Crippen LogP contribution >= 0.6 is 0 Å². The first-order chi connectivity index (χ1) is 9.24. The quantitative estimate of drug-likeness (QED) is 0.787. The van der Waals surface area contributed by atoms with Crippen molar-refractivity contribution in [2.24, 2.45) is 5.92 Å².